The zero-order valence-electron chi connectivity index (χ0n) is 13.6. The summed E-state index contributed by atoms with van der Waals surface area (Å²) in [6.45, 7) is 2.65. The molecule has 6 nitrogen and oxygen atoms in total. The Bertz CT molecular complexity index is 1090. The van der Waals surface area contributed by atoms with Crippen LogP contribution in [0.1, 0.15) is 29.6 Å². The molecule has 0 aliphatic carbocycles. The second-order valence-corrected chi connectivity index (χ2v) is 7.06. The first-order valence-corrected chi connectivity index (χ1v) is 8.87. The van der Waals surface area contributed by atoms with Gasteiger partial charge in [-0.15, -0.1) is 11.3 Å². The van der Waals surface area contributed by atoms with E-state index in [2.05, 4.69) is 6.92 Å². The molecule has 2 aromatic heterocycles. The van der Waals surface area contributed by atoms with Crippen molar-refractivity contribution in [1.29, 1.82) is 0 Å². The SMILES string of the molecule is CCc1cc2c(=O)n3c(nc2s1)/C(=C\c1cccc([N+](=O)[O-])c1)CC3. The van der Waals surface area contributed by atoms with Crippen molar-refractivity contribution in [2.45, 2.75) is 26.3 Å². The molecular formula is C18H15N3O3S. The molecule has 3 heterocycles. The van der Waals surface area contributed by atoms with Crippen LogP contribution >= 0.6 is 11.3 Å². The minimum Gasteiger partial charge on any atom is -0.292 e. The van der Waals surface area contributed by atoms with E-state index in [1.165, 1.54) is 12.1 Å². The van der Waals surface area contributed by atoms with Gasteiger partial charge >= 0.3 is 0 Å². The summed E-state index contributed by atoms with van der Waals surface area (Å²) >= 11 is 1.55. The summed E-state index contributed by atoms with van der Waals surface area (Å²) in [7, 11) is 0. The van der Waals surface area contributed by atoms with E-state index >= 15 is 0 Å². The molecule has 0 unspecified atom stereocenters. The van der Waals surface area contributed by atoms with Crippen molar-refractivity contribution in [3.63, 3.8) is 0 Å². The monoisotopic (exact) mass is 353 g/mol. The van der Waals surface area contributed by atoms with Gasteiger partial charge in [-0.1, -0.05) is 19.1 Å². The number of nitro groups is 1. The Balaban J connectivity index is 1.84. The van der Waals surface area contributed by atoms with E-state index in [0.29, 0.717) is 24.2 Å². The molecule has 1 aliphatic heterocycles. The predicted octanol–water partition coefficient (Wildman–Crippen LogP) is 3.87. The van der Waals surface area contributed by atoms with E-state index in [9.17, 15) is 14.9 Å². The first kappa shape index (κ1) is 15.7. The van der Waals surface area contributed by atoms with E-state index in [-0.39, 0.29) is 11.2 Å². The normalized spacial score (nSPS) is 15.0. The van der Waals surface area contributed by atoms with Crippen LogP contribution in [0.15, 0.2) is 35.1 Å². The average molecular weight is 353 g/mol. The number of hydrogen-bond donors (Lipinski definition) is 0. The van der Waals surface area contributed by atoms with E-state index in [4.69, 9.17) is 4.98 Å². The van der Waals surface area contributed by atoms with Crippen molar-refractivity contribution in [2.24, 2.45) is 0 Å². The number of hydrogen-bond acceptors (Lipinski definition) is 5. The second-order valence-electron chi connectivity index (χ2n) is 5.95. The Labute approximate surface area is 147 Å². The lowest BCUT2D eigenvalue weighted by molar-refractivity contribution is -0.384. The van der Waals surface area contributed by atoms with Gasteiger partial charge in [0.25, 0.3) is 11.2 Å². The topological polar surface area (TPSA) is 78.0 Å². The van der Waals surface area contributed by atoms with Crippen molar-refractivity contribution in [3.8, 4) is 0 Å². The fourth-order valence-corrected chi connectivity index (χ4v) is 4.06. The molecule has 126 valence electrons. The van der Waals surface area contributed by atoms with Crippen LogP contribution in [0.25, 0.3) is 21.9 Å². The number of non-ortho nitro benzene ring substituents is 1. The largest absolute Gasteiger partial charge is 0.292 e. The van der Waals surface area contributed by atoms with Gasteiger partial charge in [-0.25, -0.2) is 4.98 Å². The van der Waals surface area contributed by atoms with Gasteiger partial charge in [0.05, 0.1) is 10.3 Å². The Kier molecular flexibility index (Phi) is 3.73. The molecule has 1 aromatic carbocycles. The first-order valence-electron chi connectivity index (χ1n) is 8.05. The highest BCUT2D eigenvalue weighted by molar-refractivity contribution is 7.18. The van der Waals surface area contributed by atoms with Crippen molar-refractivity contribution in [1.82, 2.24) is 9.55 Å². The second kappa shape index (κ2) is 5.93. The van der Waals surface area contributed by atoms with Gasteiger partial charge in [0.2, 0.25) is 0 Å². The number of aromatic nitrogens is 2. The Morgan fingerprint density at radius 3 is 3.00 bits per heavy atom. The zero-order valence-corrected chi connectivity index (χ0v) is 14.4. The van der Waals surface area contributed by atoms with Crippen LogP contribution in [-0.2, 0) is 13.0 Å². The molecule has 7 heteroatoms. The molecule has 4 rings (SSSR count). The number of rotatable bonds is 3. The minimum atomic E-state index is -0.408. The summed E-state index contributed by atoms with van der Waals surface area (Å²) in [6.07, 6.45) is 3.47. The Morgan fingerprint density at radius 1 is 1.40 bits per heavy atom. The fourth-order valence-electron chi connectivity index (χ4n) is 3.10. The average Bonchev–Trinajstić information content (AvgIpc) is 3.20. The van der Waals surface area contributed by atoms with Crippen molar-refractivity contribution in [3.05, 3.63) is 67.1 Å². The van der Waals surface area contributed by atoms with Crippen molar-refractivity contribution < 1.29 is 4.92 Å². The first-order chi connectivity index (χ1) is 12.1. The molecule has 0 N–H and O–H groups in total. The predicted molar refractivity (Wildman–Crippen MR) is 98.8 cm³/mol. The van der Waals surface area contributed by atoms with E-state index < -0.39 is 4.92 Å². The maximum atomic E-state index is 12.7. The lowest BCUT2D eigenvalue weighted by atomic mass is 10.1. The van der Waals surface area contributed by atoms with Crippen LogP contribution in [-0.4, -0.2) is 14.5 Å². The highest BCUT2D eigenvalue weighted by Crippen LogP contribution is 2.30. The smallest absolute Gasteiger partial charge is 0.270 e. The van der Waals surface area contributed by atoms with Crippen LogP contribution in [0.2, 0.25) is 0 Å². The van der Waals surface area contributed by atoms with Crippen LogP contribution < -0.4 is 5.56 Å². The van der Waals surface area contributed by atoms with Crippen LogP contribution in [0.4, 0.5) is 5.69 Å². The van der Waals surface area contributed by atoms with Crippen molar-refractivity contribution >= 4 is 38.9 Å². The van der Waals surface area contributed by atoms with E-state index in [0.717, 1.165) is 27.3 Å². The van der Waals surface area contributed by atoms with Crippen LogP contribution in [0.3, 0.4) is 0 Å². The zero-order chi connectivity index (χ0) is 17.6. The molecule has 0 atom stereocenters. The Morgan fingerprint density at radius 2 is 2.24 bits per heavy atom. The van der Waals surface area contributed by atoms with Gasteiger partial charge in [0, 0.05) is 23.6 Å². The maximum absolute atomic E-state index is 12.7. The van der Waals surface area contributed by atoms with E-state index in [1.54, 1.807) is 22.0 Å². The lowest BCUT2D eigenvalue weighted by Crippen LogP contribution is -2.19. The fraction of sp³-hybridized carbons (Fsp3) is 0.222. The summed E-state index contributed by atoms with van der Waals surface area (Å²) in [5.41, 5.74) is 1.73. The standard InChI is InChI=1S/C18H15N3O3S/c1-2-14-10-15-17(25-14)19-16-12(6-7-20(16)18(15)22)8-11-4-3-5-13(9-11)21(23)24/h3-5,8-10H,2,6-7H2,1H3/b12-8-. The maximum Gasteiger partial charge on any atom is 0.270 e. The molecule has 0 radical (unpaired) electrons. The van der Waals surface area contributed by atoms with Gasteiger partial charge in [0.15, 0.2) is 0 Å². The molecular weight excluding hydrogens is 338 g/mol. The summed E-state index contributed by atoms with van der Waals surface area (Å²) in [5, 5.41) is 11.6. The third-order valence-electron chi connectivity index (χ3n) is 4.36. The van der Waals surface area contributed by atoms with Gasteiger partial charge in [-0.05, 0) is 36.1 Å². The number of thiophene rings is 1. The van der Waals surface area contributed by atoms with Gasteiger partial charge in [-0.2, -0.15) is 0 Å². The third-order valence-corrected chi connectivity index (χ3v) is 5.54. The van der Waals surface area contributed by atoms with Gasteiger partial charge < -0.3 is 0 Å². The van der Waals surface area contributed by atoms with Crippen LogP contribution in [0, 0.1) is 10.1 Å². The molecule has 3 aromatic rings. The molecule has 0 fully saturated rings. The highest BCUT2D eigenvalue weighted by atomic mass is 32.1. The summed E-state index contributed by atoms with van der Waals surface area (Å²) in [5.74, 6) is 0.675. The molecule has 0 bridgehead atoms. The Hall–Kier alpha value is -2.80. The quantitative estimate of drug-likeness (QED) is 0.529. The number of fused-ring (bicyclic) bond motifs is 2. The minimum absolute atomic E-state index is 0.00149. The summed E-state index contributed by atoms with van der Waals surface area (Å²) < 4.78 is 1.71. The van der Waals surface area contributed by atoms with E-state index in [1.807, 2.05) is 18.2 Å². The lowest BCUT2D eigenvalue weighted by Gasteiger charge is -2.03. The molecule has 0 spiro atoms. The number of allylic oxidation sites excluding steroid dienone is 1. The summed E-state index contributed by atoms with van der Waals surface area (Å²) in [4.78, 5) is 29.8. The number of nitrogens with zero attached hydrogens (tertiary/aromatic N) is 3. The van der Waals surface area contributed by atoms with Gasteiger partial charge in [0.1, 0.15) is 10.7 Å². The van der Waals surface area contributed by atoms with Crippen LogP contribution in [0.5, 0.6) is 0 Å². The number of benzene rings is 1. The molecule has 1 aliphatic rings. The molecule has 0 saturated heterocycles. The number of aryl methyl sites for hydroxylation is 1. The summed E-state index contributed by atoms with van der Waals surface area (Å²) in [6, 6.07) is 8.42. The van der Waals surface area contributed by atoms with Crippen molar-refractivity contribution in [2.75, 3.05) is 0 Å². The highest BCUT2D eigenvalue weighted by Gasteiger charge is 2.22. The molecule has 0 saturated carbocycles. The molecule has 25 heavy (non-hydrogen) atoms. The van der Waals surface area contributed by atoms with Gasteiger partial charge in [-0.3, -0.25) is 19.5 Å². The molecule has 0 amide bonds. The third kappa shape index (κ3) is 2.66. The number of nitro benzene ring substituents is 1.